The number of nitrogens with zero attached hydrogens (tertiary/aromatic N) is 1. The van der Waals surface area contributed by atoms with Crippen LogP contribution in [0.5, 0.6) is 5.75 Å². The summed E-state index contributed by atoms with van der Waals surface area (Å²) in [5.74, 6) is -0.208. The normalized spacial score (nSPS) is 10.7. The summed E-state index contributed by atoms with van der Waals surface area (Å²) in [6.45, 7) is 0.792. The van der Waals surface area contributed by atoms with Crippen LogP contribution in [0, 0.1) is 0 Å². The highest BCUT2D eigenvalue weighted by molar-refractivity contribution is 5.65. The molecule has 0 spiro atoms. The van der Waals surface area contributed by atoms with Gasteiger partial charge in [0.1, 0.15) is 5.75 Å². The minimum atomic E-state index is -1.02. The van der Waals surface area contributed by atoms with Crippen molar-refractivity contribution in [3.63, 3.8) is 0 Å². The van der Waals surface area contributed by atoms with E-state index in [9.17, 15) is 9.90 Å². The molecule has 0 aliphatic heterocycles. The molecule has 0 radical (unpaired) electrons. The number of aromatic nitrogens is 1. The number of carboxylic acid groups (broad SMARTS) is 1. The van der Waals surface area contributed by atoms with Gasteiger partial charge in [-0.15, -0.1) is 0 Å². The first-order chi connectivity index (χ1) is 12.7. The highest BCUT2D eigenvalue weighted by Gasteiger charge is 2.11. The lowest BCUT2D eigenvalue weighted by Crippen LogP contribution is -2.23. The molecule has 0 N–H and O–H groups in total. The molecule has 26 heavy (non-hydrogen) atoms. The second-order valence-electron chi connectivity index (χ2n) is 6.20. The summed E-state index contributed by atoms with van der Waals surface area (Å²) in [5.41, 5.74) is 4.43. The molecule has 1 aromatic heterocycles. The SMILES string of the molecule is COc1ccc(-c2ccc(CCC(=O)[O-])n2CCc2ccccc2)cc1. The van der Waals surface area contributed by atoms with Crippen LogP contribution in [0.1, 0.15) is 17.7 Å². The fourth-order valence-electron chi connectivity index (χ4n) is 3.12. The number of rotatable bonds is 8. The summed E-state index contributed by atoms with van der Waals surface area (Å²) in [6.07, 6.45) is 1.38. The van der Waals surface area contributed by atoms with Gasteiger partial charge < -0.3 is 19.2 Å². The molecule has 1 heterocycles. The van der Waals surface area contributed by atoms with Crippen molar-refractivity contribution in [2.75, 3.05) is 7.11 Å². The molecule has 4 heteroatoms. The van der Waals surface area contributed by atoms with Crippen LogP contribution in [-0.2, 0) is 24.2 Å². The molecule has 0 unspecified atom stereocenters. The lowest BCUT2D eigenvalue weighted by molar-refractivity contribution is -0.305. The molecule has 3 aromatic rings. The fourth-order valence-corrected chi connectivity index (χ4v) is 3.12. The van der Waals surface area contributed by atoms with E-state index < -0.39 is 5.97 Å². The van der Waals surface area contributed by atoms with Gasteiger partial charge >= 0.3 is 0 Å². The topological polar surface area (TPSA) is 54.3 Å². The zero-order chi connectivity index (χ0) is 18.4. The number of hydrogen-bond donors (Lipinski definition) is 0. The van der Waals surface area contributed by atoms with Crippen LogP contribution in [0.15, 0.2) is 66.7 Å². The van der Waals surface area contributed by atoms with E-state index in [4.69, 9.17) is 4.74 Å². The third kappa shape index (κ3) is 4.33. The summed E-state index contributed by atoms with van der Waals surface area (Å²) < 4.78 is 7.44. The molecule has 0 fully saturated rings. The Morgan fingerprint density at radius 2 is 1.69 bits per heavy atom. The number of carbonyl (C=O) groups excluding carboxylic acids is 1. The third-order valence-corrected chi connectivity index (χ3v) is 4.51. The number of benzene rings is 2. The van der Waals surface area contributed by atoms with Crippen molar-refractivity contribution in [1.82, 2.24) is 4.57 Å². The second-order valence-corrected chi connectivity index (χ2v) is 6.20. The molecule has 0 amide bonds. The Labute approximate surface area is 153 Å². The van der Waals surface area contributed by atoms with Gasteiger partial charge in [-0.3, -0.25) is 0 Å². The summed E-state index contributed by atoms with van der Waals surface area (Å²) in [5, 5.41) is 10.9. The number of methoxy groups -OCH3 is 1. The molecule has 4 nitrogen and oxygen atoms in total. The molecule has 3 rings (SSSR count). The number of aliphatic carboxylic acids is 1. The molecular weight excluding hydrogens is 326 g/mol. The second kappa shape index (κ2) is 8.39. The number of ether oxygens (including phenoxy) is 1. The Bertz CT molecular complexity index is 851. The maximum atomic E-state index is 10.9. The highest BCUT2D eigenvalue weighted by atomic mass is 16.5. The zero-order valence-corrected chi connectivity index (χ0v) is 14.9. The van der Waals surface area contributed by atoms with Crippen LogP contribution in [0.2, 0.25) is 0 Å². The Morgan fingerprint density at radius 1 is 0.962 bits per heavy atom. The van der Waals surface area contributed by atoms with Gasteiger partial charge in [-0.2, -0.15) is 0 Å². The van der Waals surface area contributed by atoms with Gasteiger partial charge in [0.05, 0.1) is 7.11 Å². The quantitative estimate of drug-likeness (QED) is 0.629. The van der Waals surface area contributed by atoms with Crippen molar-refractivity contribution in [2.45, 2.75) is 25.8 Å². The van der Waals surface area contributed by atoms with Crippen LogP contribution < -0.4 is 9.84 Å². The molecular formula is C22H22NO3-. The van der Waals surface area contributed by atoms with Gasteiger partial charge in [-0.25, -0.2) is 0 Å². The van der Waals surface area contributed by atoms with E-state index in [1.807, 2.05) is 48.5 Å². The Balaban J connectivity index is 1.88. The molecule has 0 saturated heterocycles. The smallest absolute Gasteiger partial charge is 0.118 e. The van der Waals surface area contributed by atoms with Crippen molar-refractivity contribution in [1.29, 1.82) is 0 Å². The molecule has 0 atom stereocenters. The summed E-state index contributed by atoms with van der Waals surface area (Å²) in [6, 6.07) is 22.3. The summed E-state index contributed by atoms with van der Waals surface area (Å²) in [7, 11) is 1.65. The maximum Gasteiger partial charge on any atom is 0.118 e. The Hall–Kier alpha value is -3.01. The number of carboxylic acids is 1. The third-order valence-electron chi connectivity index (χ3n) is 4.51. The van der Waals surface area contributed by atoms with E-state index in [1.165, 1.54) is 5.56 Å². The summed E-state index contributed by atoms with van der Waals surface area (Å²) in [4.78, 5) is 10.9. The van der Waals surface area contributed by atoms with Crippen molar-refractivity contribution in [3.8, 4) is 17.0 Å². The average molecular weight is 348 g/mol. The fraction of sp³-hybridized carbons (Fsp3) is 0.227. The Morgan fingerprint density at radius 3 is 2.35 bits per heavy atom. The standard InChI is InChI=1S/C22H23NO3/c1-26-20-11-7-18(8-12-20)21-13-9-19(10-14-22(24)25)23(21)16-15-17-5-3-2-4-6-17/h2-9,11-13H,10,14-16H2,1H3,(H,24,25)/p-1. The lowest BCUT2D eigenvalue weighted by atomic mass is 10.1. The van der Waals surface area contributed by atoms with E-state index in [0.29, 0.717) is 6.42 Å². The zero-order valence-electron chi connectivity index (χ0n) is 14.9. The van der Waals surface area contributed by atoms with E-state index >= 15 is 0 Å². The van der Waals surface area contributed by atoms with Gasteiger partial charge in [0.2, 0.25) is 0 Å². The molecule has 0 saturated carbocycles. The summed E-state index contributed by atoms with van der Waals surface area (Å²) >= 11 is 0. The van der Waals surface area contributed by atoms with E-state index in [1.54, 1.807) is 7.11 Å². The minimum Gasteiger partial charge on any atom is -0.550 e. The van der Waals surface area contributed by atoms with Gasteiger partial charge in [0.15, 0.2) is 0 Å². The van der Waals surface area contributed by atoms with E-state index in [-0.39, 0.29) is 6.42 Å². The first kappa shape index (κ1) is 17.8. The predicted molar refractivity (Wildman–Crippen MR) is 99.9 cm³/mol. The van der Waals surface area contributed by atoms with Crippen molar-refractivity contribution in [3.05, 3.63) is 78.0 Å². The van der Waals surface area contributed by atoms with Gasteiger partial charge in [-0.05, 0) is 66.8 Å². The monoisotopic (exact) mass is 348 g/mol. The first-order valence-corrected chi connectivity index (χ1v) is 8.74. The maximum absolute atomic E-state index is 10.9. The van der Waals surface area contributed by atoms with Gasteiger partial charge in [0, 0.05) is 23.9 Å². The molecule has 2 aromatic carbocycles. The lowest BCUT2D eigenvalue weighted by Gasteiger charge is -2.15. The van der Waals surface area contributed by atoms with Crippen molar-refractivity contribution in [2.24, 2.45) is 0 Å². The van der Waals surface area contributed by atoms with Gasteiger partial charge in [0.25, 0.3) is 0 Å². The van der Waals surface area contributed by atoms with Gasteiger partial charge in [-0.1, -0.05) is 30.3 Å². The number of hydrogen-bond acceptors (Lipinski definition) is 3. The first-order valence-electron chi connectivity index (χ1n) is 8.74. The van der Waals surface area contributed by atoms with E-state index in [0.717, 1.165) is 35.7 Å². The van der Waals surface area contributed by atoms with Crippen LogP contribution in [-0.4, -0.2) is 17.6 Å². The van der Waals surface area contributed by atoms with E-state index in [2.05, 4.69) is 22.8 Å². The minimum absolute atomic E-state index is 0.0252. The molecule has 0 aliphatic rings. The molecule has 0 aliphatic carbocycles. The average Bonchev–Trinajstić information content (AvgIpc) is 3.08. The van der Waals surface area contributed by atoms with Crippen molar-refractivity contribution >= 4 is 5.97 Å². The highest BCUT2D eigenvalue weighted by Crippen LogP contribution is 2.26. The molecule has 134 valence electrons. The predicted octanol–water partition coefficient (Wildman–Crippen LogP) is 3.09. The van der Waals surface area contributed by atoms with Crippen LogP contribution in [0.25, 0.3) is 11.3 Å². The largest absolute Gasteiger partial charge is 0.550 e. The number of carbonyl (C=O) groups is 1. The Kier molecular flexibility index (Phi) is 5.74. The van der Waals surface area contributed by atoms with Crippen LogP contribution in [0.3, 0.4) is 0 Å². The van der Waals surface area contributed by atoms with Crippen molar-refractivity contribution < 1.29 is 14.6 Å². The van der Waals surface area contributed by atoms with Crippen LogP contribution in [0.4, 0.5) is 0 Å². The number of aryl methyl sites for hydroxylation is 2. The molecule has 0 bridgehead atoms. The van der Waals surface area contributed by atoms with Crippen LogP contribution >= 0.6 is 0 Å².